The minimum absolute atomic E-state index is 0.242. The van der Waals surface area contributed by atoms with Crippen LogP contribution in [0.1, 0.15) is 12.8 Å². The Hall–Kier alpha value is -2.99. The Kier molecular flexibility index (Phi) is 3.79. The third-order valence-electron chi connectivity index (χ3n) is 4.48. The van der Waals surface area contributed by atoms with Crippen molar-refractivity contribution in [1.29, 1.82) is 0 Å². The molecule has 1 saturated carbocycles. The number of aromatic nitrogens is 5. The number of aryl methyl sites for hydroxylation is 1. The van der Waals surface area contributed by atoms with Gasteiger partial charge in [-0.05, 0) is 12.8 Å². The van der Waals surface area contributed by atoms with Crippen LogP contribution in [0.2, 0.25) is 5.15 Å². The Labute approximate surface area is 160 Å². The van der Waals surface area contributed by atoms with Gasteiger partial charge in [0.25, 0.3) is 0 Å². The van der Waals surface area contributed by atoms with Crippen molar-refractivity contribution in [3.05, 3.63) is 54.1 Å². The van der Waals surface area contributed by atoms with Crippen molar-refractivity contribution in [2.24, 2.45) is 7.05 Å². The van der Waals surface area contributed by atoms with Gasteiger partial charge >= 0.3 is 0 Å². The maximum atomic E-state index is 6.38. The van der Waals surface area contributed by atoms with Gasteiger partial charge in [0, 0.05) is 30.4 Å². The molecule has 5 rings (SSSR count). The summed E-state index contributed by atoms with van der Waals surface area (Å²) in [6.07, 6.45) is 5.83. The van der Waals surface area contributed by atoms with Crippen LogP contribution in [0, 0.1) is 0 Å². The molecule has 0 unspecified atom stereocenters. The molecule has 1 aliphatic carbocycles. The average molecular weight is 378 g/mol. The molecule has 3 heterocycles. The zero-order valence-corrected chi connectivity index (χ0v) is 15.4. The first-order valence-corrected chi connectivity index (χ1v) is 9.14. The van der Waals surface area contributed by atoms with Crippen LogP contribution in [-0.4, -0.2) is 30.8 Å². The Morgan fingerprint density at radius 2 is 1.93 bits per heavy atom. The fraction of sp³-hybridized carbons (Fsp3) is 0.200. The molecule has 1 aliphatic rings. The Morgan fingerprint density at radius 1 is 1.11 bits per heavy atom. The predicted molar refractivity (Wildman–Crippen MR) is 104 cm³/mol. The summed E-state index contributed by atoms with van der Waals surface area (Å²) in [5.74, 6) is 0.575. The lowest BCUT2D eigenvalue weighted by Gasteiger charge is -2.09. The van der Waals surface area contributed by atoms with E-state index in [1.807, 2.05) is 49.6 Å². The molecule has 134 valence electrons. The smallest absolute Gasteiger partial charge is 0.171 e. The zero-order chi connectivity index (χ0) is 18.4. The summed E-state index contributed by atoms with van der Waals surface area (Å²) in [6.45, 7) is 0. The molecule has 0 amide bonds. The van der Waals surface area contributed by atoms with Crippen LogP contribution in [0.25, 0.3) is 33.5 Å². The number of rotatable bonds is 4. The molecule has 0 spiro atoms. The van der Waals surface area contributed by atoms with E-state index in [2.05, 4.69) is 20.1 Å². The highest BCUT2D eigenvalue weighted by atomic mass is 35.5. The van der Waals surface area contributed by atoms with Crippen molar-refractivity contribution >= 4 is 22.6 Å². The number of hydrogen-bond acceptors (Lipinski definition) is 5. The molecule has 0 saturated heterocycles. The minimum Gasteiger partial charge on any atom is -0.487 e. The minimum atomic E-state index is 0.242. The van der Waals surface area contributed by atoms with Crippen LogP contribution in [0.3, 0.4) is 0 Å². The van der Waals surface area contributed by atoms with E-state index in [1.165, 1.54) is 6.33 Å². The first kappa shape index (κ1) is 16.2. The number of nitrogens with zero attached hydrogens (tertiary/aromatic N) is 5. The molecule has 0 aliphatic heterocycles. The van der Waals surface area contributed by atoms with Crippen LogP contribution in [0.15, 0.2) is 48.9 Å². The van der Waals surface area contributed by atoms with Gasteiger partial charge in [-0.2, -0.15) is 5.10 Å². The lowest BCUT2D eigenvalue weighted by molar-refractivity contribution is 0.302. The van der Waals surface area contributed by atoms with E-state index in [1.54, 1.807) is 4.68 Å². The SMILES string of the molecule is Cn1cc(-c2ncnc3cc(OC4CC4)c(Cl)nc23)c(-c2ccccc2)n1. The van der Waals surface area contributed by atoms with Crippen LogP contribution in [0.4, 0.5) is 0 Å². The highest BCUT2D eigenvalue weighted by molar-refractivity contribution is 6.31. The molecule has 1 aromatic carbocycles. The quantitative estimate of drug-likeness (QED) is 0.496. The number of benzene rings is 1. The third kappa shape index (κ3) is 3.02. The van der Waals surface area contributed by atoms with E-state index in [4.69, 9.17) is 16.3 Å². The summed E-state index contributed by atoms with van der Waals surface area (Å²) in [4.78, 5) is 13.4. The summed E-state index contributed by atoms with van der Waals surface area (Å²) in [5.41, 5.74) is 4.77. The van der Waals surface area contributed by atoms with E-state index >= 15 is 0 Å². The highest BCUT2D eigenvalue weighted by Gasteiger charge is 2.25. The standard InChI is InChI=1S/C20H16ClN5O/c1-26-10-14(17(25-26)12-5-3-2-4-6-12)18-19-15(22-11-23-18)9-16(20(21)24-19)27-13-7-8-13/h2-6,9-11,13H,7-8H2,1H3. The fourth-order valence-corrected chi connectivity index (χ4v) is 3.25. The van der Waals surface area contributed by atoms with E-state index < -0.39 is 0 Å². The molecular weight excluding hydrogens is 362 g/mol. The maximum absolute atomic E-state index is 6.38. The molecule has 1 fully saturated rings. The average Bonchev–Trinajstić information content (AvgIpc) is 3.41. The van der Waals surface area contributed by atoms with Gasteiger partial charge in [0.15, 0.2) is 10.9 Å². The van der Waals surface area contributed by atoms with Crippen LogP contribution in [0.5, 0.6) is 5.75 Å². The van der Waals surface area contributed by atoms with Gasteiger partial charge in [-0.3, -0.25) is 4.68 Å². The summed E-state index contributed by atoms with van der Waals surface area (Å²) in [7, 11) is 1.89. The number of ether oxygens (including phenoxy) is 1. The first-order valence-electron chi connectivity index (χ1n) is 8.76. The second-order valence-corrected chi connectivity index (χ2v) is 6.97. The number of halogens is 1. The highest BCUT2D eigenvalue weighted by Crippen LogP contribution is 2.36. The third-order valence-corrected chi connectivity index (χ3v) is 4.75. The molecule has 0 bridgehead atoms. The topological polar surface area (TPSA) is 65.7 Å². The fourth-order valence-electron chi connectivity index (χ4n) is 3.06. The summed E-state index contributed by atoms with van der Waals surface area (Å²) in [5, 5.41) is 4.95. The molecule has 27 heavy (non-hydrogen) atoms. The van der Waals surface area contributed by atoms with Gasteiger partial charge in [0.2, 0.25) is 0 Å². The molecule has 3 aromatic heterocycles. The summed E-state index contributed by atoms with van der Waals surface area (Å²) < 4.78 is 7.61. The maximum Gasteiger partial charge on any atom is 0.171 e. The molecular formula is C20H16ClN5O. The second-order valence-electron chi connectivity index (χ2n) is 6.62. The molecule has 0 N–H and O–H groups in total. The van der Waals surface area contributed by atoms with Crippen LogP contribution >= 0.6 is 11.6 Å². The van der Waals surface area contributed by atoms with Gasteiger partial charge in [-0.25, -0.2) is 15.0 Å². The number of hydrogen-bond donors (Lipinski definition) is 0. The molecule has 7 heteroatoms. The first-order chi connectivity index (χ1) is 13.2. The van der Waals surface area contributed by atoms with Gasteiger partial charge in [-0.15, -0.1) is 0 Å². The van der Waals surface area contributed by atoms with E-state index in [-0.39, 0.29) is 6.10 Å². The zero-order valence-electron chi connectivity index (χ0n) is 14.6. The number of fused-ring (bicyclic) bond motifs is 1. The molecule has 4 aromatic rings. The van der Waals surface area contributed by atoms with Crippen molar-refractivity contribution in [3.63, 3.8) is 0 Å². The normalized spacial score (nSPS) is 13.9. The van der Waals surface area contributed by atoms with E-state index in [0.29, 0.717) is 27.6 Å². The Bertz CT molecular complexity index is 1140. The monoisotopic (exact) mass is 377 g/mol. The molecule has 0 atom stereocenters. The van der Waals surface area contributed by atoms with Gasteiger partial charge in [-0.1, -0.05) is 41.9 Å². The van der Waals surface area contributed by atoms with Crippen molar-refractivity contribution < 1.29 is 4.74 Å². The van der Waals surface area contributed by atoms with E-state index in [0.717, 1.165) is 29.7 Å². The lowest BCUT2D eigenvalue weighted by atomic mass is 10.0. The van der Waals surface area contributed by atoms with Gasteiger partial charge in [0.1, 0.15) is 23.2 Å². The van der Waals surface area contributed by atoms with Crippen LogP contribution < -0.4 is 4.74 Å². The predicted octanol–water partition coefficient (Wildman–Crippen LogP) is 4.29. The van der Waals surface area contributed by atoms with Gasteiger partial charge < -0.3 is 4.74 Å². The van der Waals surface area contributed by atoms with Crippen molar-refractivity contribution in [2.75, 3.05) is 0 Å². The van der Waals surface area contributed by atoms with Gasteiger partial charge in [0.05, 0.1) is 11.6 Å². The molecule has 6 nitrogen and oxygen atoms in total. The van der Waals surface area contributed by atoms with Crippen molar-refractivity contribution in [1.82, 2.24) is 24.7 Å². The van der Waals surface area contributed by atoms with Crippen molar-refractivity contribution in [3.8, 4) is 28.3 Å². The van der Waals surface area contributed by atoms with Crippen molar-refractivity contribution in [2.45, 2.75) is 18.9 Å². The van der Waals surface area contributed by atoms with Crippen LogP contribution in [-0.2, 0) is 7.05 Å². The largest absolute Gasteiger partial charge is 0.487 e. The number of pyridine rings is 1. The molecule has 0 radical (unpaired) electrons. The Balaban J connectivity index is 1.69. The van der Waals surface area contributed by atoms with E-state index in [9.17, 15) is 0 Å². The summed E-state index contributed by atoms with van der Waals surface area (Å²) in [6, 6.07) is 11.8. The Morgan fingerprint density at radius 3 is 2.70 bits per heavy atom. The summed E-state index contributed by atoms with van der Waals surface area (Å²) >= 11 is 6.38. The lowest BCUT2D eigenvalue weighted by Crippen LogP contribution is -1.99. The second kappa shape index (κ2) is 6.32.